The summed E-state index contributed by atoms with van der Waals surface area (Å²) < 4.78 is 5.61. The van der Waals surface area contributed by atoms with E-state index in [1.54, 1.807) is 7.11 Å². The lowest BCUT2D eigenvalue weighted by Gasteiger charge is -2.22. The van der Waals surface area contributed by atoms with Crippen molar-refractivity contribution in [3.8, 4) is 5.75 Å². The van der Waals surface area contributed by atoms with Crippen molar-refractivity contribution in [1.82, 2.24) is 5.32 Å². The van der Waals surface area contributed by atoms with Crippen LogP contribution in [0.5, 0.6) is 5.75 Å². The van der Waals surface area contributed by atoms with Crippen LogP contribution in [0.15, 0.2) is 12.1 Å². The van der Waals surface area contributed by atoms with Gasteiger partial charge in [0.05, 0.1) is 7.11 Å². The molecule has 0 saturated heterocycles. The summed E-state index contributed by atoms with van der Waals surface area (Å²) in [7, 11) is 1.77. The standard InChI is InChI=1S/C15H25NOS/c1-6-9-16-14(10-18-5)13-8-7-11(2)12(3)15(13)17-4/h7-8,14,16H,6,9-10H2,1-5H3. The maximum Gasteiger partial charge on any atom is 0.126 e. The van der Waals surface area contributed by atoms with Crippen LogP contribution < -0.4 is 10.1 Å². The molecule has 0 radical (unpaired) electrons. The molecule has 0 bridgehead atoms. The number of methoxy groups -OCH3 is 1. The lowest BCUT2D eigenvalue weighted by molar-refractivity contribution is 0.399. The molecule has 0 fully saturated rings. The Kier molecular flexibility index (Phi) is 6.58. The maximum absolute atomic E-state index is 5.61. The normalized spacial score (nSPS) is 12.5. The van der Waals surface area contributed by atoms with Crippen LogP contribution in [-0.2, 0) is 0 Å². The molecule has 18 heavy (non-hydrogen) atoms. The number of ether oxygens (including phenoxy) is 1. The largest absolute Gasteiger partial charge is 0.496 e. The minimum absolute atomic E-state index is 0.370. The second-order valence-electron chi connectivity index (χ2n) is 4.59. The third-order valence-corrected chi connectivity index (χ3v) is 3.93. The first kappa shape index (κ1) is 15.4. The fourth-order valence-corrected chi connectivity index (χ4v) is 2.73. The summed E-state index contributed by atoms with van der Waals surface area (Å²) in [6, 6.07) is 4.76. The zero-order valence-corrected chi connectivity index (χ0v) is 13.0. The van der Waals surface area contributed by atoms with Gasteiger partial charge in [-0.15, -0.1) is 0 Å². The van der Waals surface area contributed by atoms with E-state index in [0.29, 0.717) is 6.04 Å². The van der Waals surface area contributed by atoms with E-state index < -0.39 is 0 Å². The quantitative estimate of drug-likeness (QED) is 0.813. The van der Waals surface area contributed by atoms with E-state index in [2.05, 4.69) is 44.5 Å². The van der Waals surface area contributed by atoms with E-state index in [4.69, 9.17) is 4.74 Å². The highest BCUT2D eigenvalue weighted by Crippen LogP contribution is 2.32. The topological polar surface area (TPSA) is 21.3 Å². The van der Waals surface area contributed by atoms with Crippen LogP contribution in [0.3, 0.4) is 0 Å². The monoisotopic (exact) mass is 267 g/mol. The second-order valence-corrected chi connectivity index (χ2v) is 5.50. The fraction of sp³-hybridized carbons (Fsp3) is 0.600. The second kappa shape index (κ2) is 7.70. The summed E-state index contributed by atoms with van der Waals surface area (Å²) in [5.41, 5.74) is 3.82. The number of rotatable bonds is 7. The highest BCUT2D eigenvalue weighted by Gasteiger charge is 2.17. The molecular weight excluding hydrogens is 242 g/mol. The number of benzene rings is 1. The predicted molar refractivity (Wildman–Crippen MR) is 81.9 cm³/mol. The summed E-state index contributed by atoms with van der Waals surface area (Å²) in [4.78, 5) is 0. The van der Waals surface area contributed by atoms with Crippen LogP contribution in [0.25, 0.3) is 0 Å². The molecule has 0 aliphatic rings. The van der Waals surface area contributed by atoms with Crippen molar-refractivity contribution in [2.45, 2.75) is 33.2 Å². The minimum Gasteiger partial charge on any atom is -0.496 e. The van der Waals surface area contributed by atoms with E-state index >= 15 is 0 Å². The fourth-order valence-electron chi connectivity index (χ4n) is 2.10. The van der Waals surface area contributed by atoms with Crippen molar-refractivity contribution in [2.75, 3.05) is 25.7 Å². The molecule has 1 unspecified atom stereocenters. The molecule has 0 saturated carbocycles. The summed E-state index contributed by atoms with van der Waals surface area (Å²) in [6.45, 7) is 7.50. The number of nitrogens with one attached hydrogen (secondary N) is 1. The summed E-state index contributed by atoms with van der Waals surface area (Å²) in [5, 5.41) is 3.61. The van der Waals surface area contributed by atoms with Gasteiger partial charge in [0, 0.05) is 17.4 Å². The van der Waals surface area contributed by atoms with Gasteiger partial charge in [0.1, 0.15) is 5.75 Å². The number of hydrogen-bond acceptors (Lipinski definition) is 3. The Morgan fingerprint density at radius 2 is 2.06 bits per heavy atom. The Balaban J connectivity index is 3.06. The molecule has 1 N–H and O–H groups in total. The molecule has 102 valence electrons. The van der Waals surface area contributed by atoms with Crippen LogP contribution in [0.4, 0.5) is 0 Å². The Labute approximate surface area is 116 Å². The molecule has 1 atom stereocenters. The van der Waals surface area contributed by atoms with Crippen molar-refractivity contribution in [2.24, 2.45) is 0 Å². The van der Waals surface area contributed by atoms with E-state index in [9.17, 15) is 0 Å². The summed E-state index contributed by atoms with van der Waals surface area (Å²) in [6.07, 6.45) is 3.30. The number of hydrogen-bond donors (Lipinski definition) is 1. The zero-order chi connectivity index (χ0) is 13.5. The molecule has 0 aromatic heterocycles. The molecule has 0 aliphatic carbocycles. The lowest BCUT2D eigenvalue weighted by atomic mass is 10.00. The third kappa shape index (κ3) is 3.66. The molecule has 3 heteroatoms. The SMILES string of the molecule is CCCNC(CSC)c1ccc(C)c(C)c1OC. The van der Waals surface area contributed by atoms with Crippen molar-refractivity contribution < 1.29 is 4.74 Å². The van der Waals surface area contributed by atoms with Gasteiger partial charge in [-0.3, -0.25) is 0 Å². The highest BCUT2D eigenvalue weighted by molar-refractivity contribution is 7.98. The van der Waals surface area contributed by atoms with Crippen LogP contribution in [0.1, 0.15) is 36.1 Å². The lowest BCUT2D eigenvalue weighted by Crippen LogP contribution is -2.24. The molecule has 2 nitrogen and oxygen atoms in total. The van der Waals surface area contributed by atoms with Gasteiger partial charge < -0.3 is 10.1 Å². The first-order valence-electron chi connectivity index (χ1n) is 6.52. The van der Waals surface area contributed by atoms with E-state index in [1.165, 1.54) is 16.7 Å². The van der Waals surface area contributed by atoms with Gasteiger partial charge in [-0.25, -0.2) is 0 Å². The average Bonchev–Trinajstić information content (AvgIpc) is 2.37. The van der Waals surface area contributed by atoms with E-state index in [0.717, 1.165) is 24.5 Å². The Bertz CT molecular complexity index is 379. The third-order valence-electron chi connectivity index (χ3n) is 3.26. The van der Waals surface area contributed by atoms with Crippen LogP contribution in [-0.4, -0.2) is 25.7 Å². The first-order valence-corrected chi connectivity index (χ1v) is 7.91. The molecule has 0 aliphatic heterocycles. The molecule has 1 aromatic carbocycles. The minimum atomic E-state index is 0.370. The Hall–Kier alpha value is -0.670. The van der Waals surface area contributed by atoms with Gasteiger partial charge in [0.15, 0.2) is 0 Å². The number of thioether (sulfide) groups is 1. The van der Waals surface area contributed by atoms with Crippen molar-refractivity contribution in [1.29, 1.82) is 0 Å². The van der Waals surface area contributed by atoms with Crippen LogP contribution in [0.2, 0.25) is 0 Å². The highest BCUT2D eigenvalue weighted by atomic mass is 32.2. The van der Waals surface area contributed by atoms with Gasteiger partial charge in [-0.05, 0) is 44.2 Å². The van der Waals surface area contributed by atoms with E-state index in [-0.39, 0.29) is 0 Å². The first-order chi connectivity index (χ1) is 8.65. The molecule has 0 heterocycles. The maximum atomic E-state index is 5.61. The Morgan fingerprint density at radius 3 is 2.61 bits per heavy atom. The smallest absolute Gasteiger partial charge is 0.126 e. The predicted octanol–water partition coefficient (Wildman–Crippen LogP) is 3.72. The zero-order valence-electron chi connectivity index (χ0n) is 12.2. The molecular formula is C15H25NOS. The van der Waals surface area contributed by atoms with Crippen molar-refractivity contribution in [3.63, 3.8) is 0 Å². The van der Waals surface area contributed by atoms with Crippen molar-refractivity contribution in [3.05, 3.63) is 28.8 Å². The molecule has 1 aromatic rings. The van der Waals surface area contributed by atoms with Crippen LogP contribution in [0, 0.1) is 13.8 Å². The van der Waals surface area contributed by atoms with Crippen LogP contribution >= 0.6 is 11.8 Å². The Morgan fingerprint density at radius 1 is 1.33 bits per heavy atom. The summed E-state index contributed by atoms with van der Waals surface area (Å²) in [5.74, 6) is 2.11. The van der Waals surface area contributed by atoms with Crippen molar-refractivity contribution >= 4 is 11.8 Å². The average molecular weight is 267 g/mol. The van der Waals surface area contributed by atoms with Gasteiger partial charge in [0.25, 0.3) is 0 Å². The van der Waals surface area contributed by atoms with E-state index in [1.807, 2.05) is 11.8 Å². The van der Waals surface area contributed by atoms with Gasteiger partial charge in [-0.2, -0.15) is 11.8 Å². The van der Waals surface area contributed by atoms with Gasteiger partial charge in [0.2, 0.25) is 0 Å². The van der Waals surface area contributed by atoms with Gasteiger partial charge >= 0.3 is 0 Å². The molecule has 1 rings (SSSR count). The summed E-state index contributed by atoms with van der Waals surface area (Å²) >= 11 is 1.87. The number of aryl methyl sites for hydroxylation is 1. The molecule has 0 amide bonds. The molecule has 0 spiro atoms. The van der Waals surface area contributed by atoms with Gasteiger partial charge in [-0.1, -0.05) is 19.1 Å².